The lowest BCUT2D eigenvalue weighted by atomic mass is 9.89. The van der Waals surface area contributed by atoms with Gasteiger partial charge in [0, 0.05) is 16.4 Å². The third-order valence-electron chi connectivity index (χ3n) is 5.25. The summed E-state index contributed by atoms with van der Waals surface area (Å²) in [6.07, 6.45) is 5.24. The maximum Gasteiger partial charge on any atom is 0.262 e. The second-order valence-corrected chi connectivity index (χ2v) is 8.96. The topological polar surface area (TPSA) is 64.0 Å². The number of thiophene rings is 1. The summed E-state index contributed by atoms with van der Waals surface area (Å²) in [6.45, 7) is 2.74. The summed E-state index contributed by atoms with van der Waals surface area (Å²) >= 11 is 7.50. The predicted molar refractivity (Wildman–Crippen MR) is 113 cm³/mol. The largest absolute Gasteiger partial charge is 0.354 e. The minimum atomic E-state index is -0.185. The van der Waals surface area contributed by atoms with Gasteiger partial charge in [0.15, 0.2) is 0 Å². The highest BCUT2D eigenvalue weighted by Gasteiger charge is 2.23. The van der Waals surface area contributed by atoms with Crippen molar-refractivity contribution < 1.29 is 4.79 Å². The van der Waals surface area contributed by atoms with Crippen molar-refractivity contribution in [3.05, 3.63) is 62.0 Å². The number of halogens is 1. The van der Waals surface area contributed by atoms with Crippen molar-refractivity contribution in [2.75, 3.05) is 6.54 Å². The van der Waals surface area contributed by atoms with Gasteiger partial charge in [0.2, 0.25) is 5.91 Å². The molecular formula is C21H22ClN3O2S. The number of aryl methyl sites for hydroxylation is 1. The SMILES string of the molecule is C[C@H]1CCc2c(sc3ncn(CC(=O)NCCc4ccc(Cl)cc4)c(=O)c23)C1. The van der Waals surface area contributed by atoms with Gasteiger partial charge in [0.05, 0.1) is 11.7 Å². The van der Waals surface area contributed by atoms with Crippen molar-refractivity contribution in [2.45, 2.75) is 39.2 Å². The van der Waals surface area contributed by atoms with Crippen molar-refractivity contribution in [3.8, 4) is 0 Å². The molecule has 0 radical (unpaired) electrons. The van der Waals surface area contributed by atoms with Gasteiger partial charge in [-0.1, -0.05) is 30.7 Å². The van der Waals surface area contributed by atoms with Crippen LogP contribution in [0.25, 0.3) is 10.2 Å². The van der Waals surface area contributed by atoms with Crippen molar-refractivity contribution in [1.82, 2.24) is 14.9 Å². The fourth-order valence-electron chi connectivity index (χ4n) is 3.69. The average Bonchev–Trinajstić information content (AvgIpc) is 3.04. The molecule has 0 fully saturated rings. The summed E-state index contributed by atoms with van der Waals surface area (Å²) in [7, 11) is 0. The van der Waals surface area contributed by atoms with E-state index in [4.69, 9.17) is 11.6 Å². The Balaban J connectivity index is 1.44. The molecule has 0 saturated carbocycles. The number of fused-ring (bicyclic) bond motifs is 3. The second-order valence-electron chi connectivity index (χ2n) is 7.44. The van der Waals surface area contributed by atoms with E-state index in [1.807, 2.05) is 24.3 Å². The molecule has 1 aliphatic carbocycles. The van der Waals surface area contributed by atoms with Gasteiger partial charge >= 0.3 is 0 Å². The number of hydrogen-bond acceptors (Lipinski definition) is 4. The molecule has 1 N–H and O–H groups in total. The Morgan fingerprint density at radius 3 is 2.93 bits per heavy atom. The number of amides is 1. The fraction of sp³-hybridized carbons (Fsp3) is 0.381. The van der Waals surface area contributed by atoms with E-state index in [9.17, 15) is 9.59 Å². The Bertz CT molecular complexity index is 1070. The van der Waals surface area contributed by atoms with Crippen LogP contribution in [-0.4, -0.2) is 22.0 Å². The quantitative estimate of drug-likeness (QED) is 0.692. The Labute approximate surface area is 172 Å². The van der Waals surface area contributed by atoms with Crippen molar-refractivity contribution in [3.63, 3.8) is 0 Å². The fourth-order valence-corrected chi connectivity index (χ4v) is 5.15. The van der Waals surface area contributed by atoms with E-state index in [-0.39, 0.29) is 18.0 Å². The third kappa shape index (κ3) is 3.98. The number of nitrogens with one attached hydrogen (secondary N) is 1. The van der Waals surface area contributed by atoms with Crippen molar-refractivity contribution in [2.24, 2.45) is 5.92 Å². The molecule has 0 bridgehead atoms. The molecule has 1 aromatic carbocycles. The summed E-state index contributed by atoms with van der Waals surface area (Å²) in [6, 6.07) is 7.55. The van der Waals surface area contributed by atoms with E-state index >= 15 is 0 Å². The maximum atomic E-state index is 12.9. The van der Waals surface area contributed by atoms with Crippen LogP contribution in [0.1, 0.15) is 29.3 Å². The second kappa shape index (κ2) is 8.05. The molecule has 146 valence electrons. The van der Waals surface area contributed by atoms with Crippen LogP contribution < -0.4 is 10.9 Å². The monoisotopic (exact) mass is 415 g/mol. The summed E-state index contributed by atoms with van der Waals surface area (Å²) in [5, 5.41) is 4.28. The predicted octanol–water partition coefficient (Wildman–Crippen LogP) is 3.60. The maximum absolute atomic E-state index is 12.9. The van der Waals surface area contributed by atoms with Crippen LogP contribution in [0.15, 0.2) is 35.4 Å². The Hall–Kier alpha value is -2.18. The zero-order chi connectivity index (χ0) is 19.7. The number of benzene rings is 1. The number of hydrogen-bond donors (Lipinski definition) is 1. The molecule has 2 heterocycles. The van der Waals surface area contributed by atoms with E-state index in [0.29, 0.717) is 29.3 Å². The highest BCUT2D eigenvalue weighted by molar-refractivity contribution is 7.18. The number of rotatable bonds is 5. The molecule has 5 nitrogen and oxygen atoms in total. The molecule has 7 heteroatoms. The Kier molecular flexibility index (Phi) is 5.51. The van der Waals surface area contributed by atoms with Crippen LogP contribution in [0.3, 0.4) is 0 Å². The van der Waals surface area contributed by atoms with E-state index in [1.165, 1.54) is 15.8 Å². The lowest BCUT2D eigenvalue weighted by molar-refractivity contribution is -0.121. The van der Waals surface area contributed by atoms with Gasteiger partial charge in [0.1, 0.15) is 11.4 Å². The minimum Gasteiger partial charge on any atom is -0.354 e. The Morgan fingerprint density at radius 2 is 2.14 bits per heavy atom. The average molecular weight is 416 g/mol. The third-order valence-corrected chi connectivity index (χ3v) is 6.66. The normalized spacial score (nSPS) is 16.1. The smallest absolute Gasteiger partial charge is 0.262 e. The van der Waals surface area contributed by atoms with Crippen molar-refractivity contribution in [1.29, 1.82) is 0 Å². The first kappa shape index (κ1) is 19.2. The van der Waals surface area contributed by atoms with Crippen LogP contribution in [-0.2, 0) is 30.6 Å². The Morgan fingerprint density at radius 1 is 1.36 bits per heavy atom. The van der Waals surface area contributed by atoms with E-state index < -0.39 is 0 Å². The standard InChI is InChI=1S/C21H22ClN3O2S/c1-13-2-7-16-17(10-13)28-20-19(16)21(27)25(12-24-20)11-18(26)23-9-8-14-3-5-15(22)6-4-14/h3-6,12-13H,2,7-11H2,1H3,(H,23,26)/t13-/m0/s1. The highest BCUT2D eigenvalue weighted by atomic mass is 35.5. The summed E-state index contributed by atoms with van der Waals surface area (Å²) in [4.78, 5) is 31.8. The molecule has 4 rings (SSSR count). The zero-order valence-corrected chi connectivity index (χ0v) is 17.3. The van der Waals surface area contributed by atoms with Crippen molar-refractivity contribution >= 4 is 39.1 Å². The molecule has 1 amide bonds. The molecular weight excluding hydrogens is 394 g/mol. The molecule has 3 aromatic rings. The molecule has 2 aromatic heterocycles. The van der Waals surface area contributed by atoms with E-state index in [0.717, 1.165) is 35.2 Å². The van der Waals surface area contributed by atoms with Crippen LogP contribution >= 0.6 is 22.9 Å². The van der Waals surface area contributed by atoms with Crippen LogP contribution in [0, 0.1) is 5.92 Å². The molecule has 28 heavy (non-hydrogen) atoms. The number of nitrogens with zero attached hydrogens (tertiary/aromatic N) is 2. The number of carbonyl (C=O) groups is 1. The van der Waals surface area contributed by atoms with Crippen LogP contribution in [0.2, 0.25) is 5.02 Å². The molecule has 1 aliphatic rings. The first-order valence-electron chi connectivity index (χ1n) is 9.52. The first-order valence-corrected chi connectivity index (χ1v) is 10.7. The van der Waals surface area contributed by atoms with Gasteiger partial charge in [-0.3, -0.25) is 14.2 Å². The summed E-state index contributed by atoms with van der Waals surface area (Å²) in [5.74, 6) is 0.462. The van der Waals surface area contributed by atoms with E-state index in [2.05, 4.69) is 17.2 Å². The van der Waals surface area contributed by atoms with Gasteiger partial charge in [-0.15, -0.1) is 11.3 Å². The van der Waals surface area contributed by atoms with Gasteiger partial charge in [0.25, 0.3) is 5.56 Å². The van der Waals surface area contributed by atoms with Gasteiger partial charge < -0.3 is 5.32 Å². The van der Waals surface area contributed by atoms with Crippen LogP contribution in [0.5, 0.6) is 0 Å². The molecule has 0 spiro atoms. The number of aromatic nitrogens is 2. The molecule has 1 atom stereocenters. The number of carbonyl (C=O) groups excluding carboxylic acids is 1. The molecule has 0 aliphatic heterocycles. The van der Waals surface area contributed by atoms with Gasteiger partial charge in [-0.25, -0.2) is 4.98 Å². The van der Waals surface area contributed by atoms with Crippen LogP contribution in [0.4, 0.5) is 0 Å². The molecule has 0 saturated heterocycles. The first-order chi connectivity index (χ1) is 13.5. The van der Waals surface area contributed by atoms with E-state index in [1.54, 1.807) is 11.3 Å². The van der Waals surface area contributed by atoms with Gasteiger partial charge in [-0.2, -0.15) is 0 Å². The lowest BCUT2D eigenvalue weighted by Gasteiger charge is -2.17. The molecule has 0 unspecified atom stereocenters. The minimum absolute atomic E-state index is 0.0105. The van der Waals surface area contributed by atoms with Gasteiger partial charge in [-0.05, 0) is 54.9 Å². The zero-order valence-electron chi connectivity index (χ0n) is 15.7. The summed E-state index contributed by atoms with van der Waals surface area (Å²) < 4.78 is 1.42. The highest BCUT2D eigenvalue weighted by Crippen LogP contribution is 2.35. The summed E-state index contributed by atoms with van der Waals surface area (Å²) in [5.41, 5.74) is 2.14. The lowest BCUT2D eigenvalue weighted by Crippen LogP contribution is -2.33.